The van der Waals surface area contributed by atoms with Gasteiger partial charge in [0.15, 0.2) is 0 Å². The molecule has 0 bridgehead atoms. The Morgan fingerprint density at radius 3 is 2.29 bits per heavy atom. The van der Waals surface area contributed by atoms with Gasteiger partial charge >= 0.3 is 0 Å². The fourth-order valence-corrected chi connectivity index (χ4v) is 1.18. The second-order valence-electron chi connectivity index (χ2n) is 2.99. The van der Waals surface area contributed by atoms with Crippen LogP contribution in [0.3, 0.4) is 0 Å². The molecule has 0 amide bonds. The summed E-state index contributed by atoms with van der Waals surface area (Å²) in [6.45, 7) is 4.68. The Morgan fingerprint density at radius 1 is 1.21 bits per heavy atom. The predicted molar refractivity (Wildman–Crippen MR) is 61.5 cm³/mol. The number of rotatable bonds is 5. The molecule has 1 rings (SSSR count). The van der Waals surface area contributed by atoms with Crippen LogP contribution in [-0.4, -0.2) is 18.0 Å². The molecule has 0 aliphatic heterocycles. The summed E-state index contributed by atoms with van der Waals surface area (Å²) < 4.78 is 10.9. The Kier molecular flexibility index (Phi) is 4.80. The highest BCUT2D eigenvalue weighted by molar-refractivity contribution is 9.09. The topological polar surface area (TPSA) is 18.5 Å². The molecule has 78 valence electrons. The van der Waals surface area contributed by atoms with E-state index in [0.717, 1.165) is 16.8 Å². The van der Waals surface area contributed by atoms with Gasteiger partial charge in [-0.2, -0.15) is 0 Å². The highest BCUT2D eigenvalue weighted by Crippen LogP contribution is 2.18. The molecule has 2 nitrogen and oxygen atoms in total. The van der Waals surface area contributed by atoms with Gasteiger partial charge in [-0.25, -0.2) is 0 Å². The quantitative estimate of drug-likeness (QED) is 0.756. The van der Waals surface area contributed by atoms with Crippen molar-refractivity contribution >= 4 is 15.9 Å². The summed E-state index contributed by atoms with van der Waals surface area (Å²) in [7, 11) is 0. The van der Waals surface area contributed by atoms with Gasteiger partial charge in [-0.3, -0.25) is 0 Å². The van der Waals surface area contributed by atoms with Crippen molar-refractivity contribution in [1.29, 1.82) is 0 Å². The van der Waals surface area contributed by atoms with Crippen LogP contribution in [0.25, 0.3) is 0 Å². The van der Waals surface area contributed by atoms with Gasteiger partial charge in [-0.05, 0) is 38.1 Å². The van der Waals surface area contributed by atoms with Gasteiger partial charge in [0, 0.05) is 5.33 Å². The molecule has 0 aliphatic carbocycles. The molecule has 0 N–H and O–H groups in total. The largest absolute Gasteiger partial charge is 0.494 e. The van der Waals surface area contributed by atoms with Crippen molar-refractivity contribution in [3.05, 3.63) is 24.3 Å². The average molecular weight is 259 g/mol. The van der Waals surface area contributed by atoms with Gasteiger partial charge in [0.1, 0.15) is 17.6 Å². The molecule has 0 fully saturated rings. The van der Waals surface area contributed by atoms with Crippen LogP contribution in [0.1, 0.15) is 13.8 Å². The summed E-state index contributed by atoms with van der Waals surface area (Å²) in [5.41, 5.74) is 0. The van der Waals surface area contributed by atoms with E-state index in [1.54, 1.807) is 0 Å². The van der Waals surface area contributed by atoms with Crippen molar-refractivity contribution in [3.63, 3.8) is 0 Å². The van der Waals surface area contributed by atoms with Crippen LogP contribution in [0.2, 0.25) is 0 Å². The molecule has 14 heavy (non-hydrogen) atoms. The van der Waals surface area contributed by atoms with Crippen LogP contribution < -0.4 is 9.47 Å². The number of hydrogen-bond donors (Lipinski definition) is 0. The Balaban J connectivity index is 2.54. The number of ether oxygens (including phenoxy) is 2. The van der Waals surface area contributed by atoms with Crippen molar-refractivity contribution in [1.82, 2.24) is 0 Å². The van der Waals surface area contributed by atoms with Gasteiger partial charge in [0.25, 0.3) is 0 Å². The van der Waals surface area contributed by atoms with Crippen LogP contribution in [0, 0.1) is 0 Å². The Morgan fingerprint density at radius 2 is 1.79 bits per heavy atom. The summed E-state index contributed by atoms with van der Waals surface area (Å²) in [5, 5.41) is 0.834. The SMILES string of the molecule is CCOc1ccc(O[C@H](C)CBr)cc1. The fraction of sp³-hybridized carbons (Fsp3) is 0.455. The molecule has 1 aromatic carbocycles. The van der Waals surface area contributed by atoms with Crippen molar-refractivity contribution in [3.8, 4) is 11.5 Å². The minimum absolute atomic E-state index is 0.188. The molecule has 3 heteroatoms. The number of alkyl halides is 1. The summed E-state index contributed by atoms with van der Waals surface area (Å²) in [5.74, 6) is 1.76. The zero-order valence-electron chi connectivity index (χ0n) is 8.50. The van der Waals surface area contributed by atoms with E-state index in [1.807, 2.05) is 38.1 Å². The molecule has 0 heterocycles. The van der Waals surface area contributed by atoms with Crippen molar-refractivity contribution in [2.24, 2.45) is 0 Å². The van der Waals surface area contributed by atoms with Crippen LogP contribution in [0.5, 0.6) is 11.5 Å². The smallest absolute Gasteiger partial charge is 0.120 e. The van der Waals surface area contributed by atoms with Gasteiger partial charge in [0.05, 0.1) is 6.61 Å². The summed E-state index contributed by atoms with van der Waals surface area (Å²) in [4.78, 5) is 0. The maximum absolute atomic E-state index is 5.59. The third-order valence-electron chi connectivity index (χ3n) is 1.69. The minimum Gasteiger partial charge on any atom is -0.494 e. The first-order valence-corrected chi connectivity index (χ1v) is 5.84. The number of halogens is 1. The van der Waals surface area contributed by atoms with E-state index < -0.39 is 0 Å². The molecule has 0 saturated carbocycles. The standard InChI is InChI=1S/C11H15BrO2/c1-3-13-10-4-6-11(7-5-10)14-9(2)8-12/h4-7,9H,3,8H2,1-2H3/t9-/m1/s1. The number of benzene rings is 1. The first kappa shape index (κ1) is 11.4. The predicted octanol–water partition coefficient (Wildman–Crippen LogP) is 3.25. The van der Waals surface area contributed by atoms with E-state index in [4.69, 9.17) is 9.47 Å². The van der Waals surface area contributed by atoms with Crippen molar-refractivity contribution < 1.29 is 9.47 Å². The second kappa shape index (κ2) is 5.91. The fourth-order valence-electron chi connectivity index (χ4n) is 1.04. The van der Waals surface area contributed by atoms with Crippen LogP contribution in [0.15, 0.2) is 24.3 Å². The van der Waals surface area contributed by atoms with E-state index in [-0.39, 0.29) is 6.10 Å². The number of hydrogen-bond acceptors (Lipinski definition) is 2. The molecule has 0 aliphatic rings. The first-order chi connectivity index (χ1) is 6.76. The zero-order chi connectivity index (χ0) is 10.4. The minimum atomic E-state index is 0.188. The molecule has 0 radical (unpaired) electrons. The van der Waals surface area contributed by atoms with Crippen LogP contribution >= 0.6 is 15.9 Å². The molecule has 0 aromatic heterocycles. The summed E-state index contributed by atoms with van der Waals surface area (Å²) in [6, 6.07) is 7.67. The van der Waals surface area contributed by atoms with Crippen LogP contribution in [0.4, 0.5) is 0 Å². The molecule has 0 spiro atoms. The lowest BCUT2D eigenvalue weighted by Crippen LogP contribution is -2.12. The van der Waals surface area contributed by atoms with E-state index >= 15 is 0 Å². The Bertz CT molecular complexity index is 258. The average Bonchev–Trinajstić information content (AvgIpc) is 2.21. The molecule has 0 unspecified atom stereocenters. The van der Waals surface area contributed by atoms with Crippen molar-refractivity contribution in [2.75, 3.05) is 11.9 Å². The molecule has 0 saturated heterocycles. The normalized spacial score (nSPS) is 12.2. The van der Waals surface area contributed by atoms with Crippen LogP contribution in [-0.2, 0) is 0 Å². The highest BCUT2D eigenvalue weighted by atomic mass is 79.9. The molecular formula is C11H15BrO2. The Hall–Kier alpha value is -0.700. The van der Waals surface area contributed by atoms with E-state index in [2.05, 4.69) is 15.9 Å². The van der Waals surface area contributed by atoms with Gasteiger partial charge in [0.2, 0.25) is 0 Å². The van der Waals surface area contributed by atoms with Crippen molar-refractivity contribution in [2.45, 2.75) is 20.0 Å². The zero-order valence-corrected chi connectivity index (χ0v) is 10.1. The maximum Gasteiger partial charge on any atom is 0.120 e. The third-order valence-corrected chi connectivity index (χ3v) is 2.60. The maximum atomic E-state index is 5.59. The Labute approximate surface area is 93.4 Å². The summed E-state index contributed by atoms with van der Waals surface area (Å²) in [6.07, 6.45) is 0.188. The highest BCUT2D eigenvalue weighted by Gasteiger charge is 2.01. The molecular weight excluding hydrogens is 244 g/mol. The molecule has 1 aromatic rings. The third kappa shape index (κ3) is 3.58. The van der Waals surface area contributed by atoms with E-state index in [0.29, 0.717) is 6.61 Å². The first-order valence-electron chi connectivity index (χ1n) is 4.71. The van der Waals surface area contributed by atoms with E-state index in [1.165, 1.54) is 0 Å². The molecule has 1 atom stereocenters. The lowest BCUT2D eigenvalue weighted by Gasteiger charge is -2.12. The van der Waals surface area contributed by atoms with E-state index in [9.17, 15) is 0 Å². The summed E-state index contributed by atoms with van der Waals surface area (Å²) >= 11 is 3.36. The van der Waals surface area contributed by atoms with Gasteiger partial charge in [-0.1, -0.05) is 15.9 Å². The monoisotopic (exact) mass is 258 g/mol. The lowest BCUT2D eigenvalue weighted by molar-refractivity contribution is 0.247. The van der Waals surface area contributed by atoms with Gasteiger partial charge in [-0.15, -0.1) is 0 Å². The second-order valence-corrected chi connectivity index (χ2v) is 3.63. The lowest BCUT2D eigenvalue weighted by atomic mass is 10.3. The van der Waals surface area contributed by atoms with Gasteiger partial charge < -0.3 is 9.47 Å².